The van der Waals surface area contributed by atoms with Gasteiger partial charge in [0.2, 0.25) is 18.3 Å². The van der Waals surface area contributed by atoms with Gasteiger partial charge in [-0.15, -0.1) is 24.9 Å². The van der Waals surface area contributed by atoms with Gasteiger partial charge in [-0.3, -0.25) is 4.79 Å². The molecule has 37 heavy (non-hydrogen) atoms. The lowest BCUT2D eigenvalue weighted by Gasteiger charge is -2.31. The molecular formula is C23H29F3N2O6S2Si. The number of halogens is 3. The average molecular weight is 579 g/mol. The fourth-order valence-corrected chi connectivity index (χ4v) is 6.81. The molecule has 0 bridgehead atoms. The van der Waals surface area contributed by atoms with E-state index in [0.29, 0.717) is 12.8 Å². The average Bonchev–Trinajstić information content (AvgIpc) is 2.82. The van der Waals surface area contributed by atoms with Gasteiger partial charge >= 0.3 is 6.36 Å². The zero-order chi connectivity index (χ0) is 27.4. The summed E-state index contributed by atoms with van der Waals surface area (Å²) in [5.41, 5.74) is 2.18. The van der Waals surface area contributed by atoms with Gasteiger partial charge in [0, 0.05) is 28.8 Å². The first-order valence-electron chi connectivity index (χ1n) is 11.4. The van der Waals surface area contributed by atoms with Crippen molar-refractivity contribution in [3.63, 3.8) is 0 Å². The van der Waals surface area contributed by atoms with Crippen molar-refractivity contribution in [2.24, 2.45) is 0 Å². The first-order valence-corrected chi connectivity index (χ1v) is 17.2. The number of aliphatic hydroxyl groups excluding tert-OH is 1. The summed E-state index contributed by atoms with van der Waals surface area (Å²) < 4.78 is 74.4. The van der Waals surface area contributed by atoms with Crippen LogP contribution < -0.4 is 10.2 Å². The van der Waals surface area contributed by atoms with Crippen molar-refractivity contribution < 1.29 is 40.8 Å². The third-order valence-electron chi connectivity index (χ3n) is 5.30. The van der Waals surface area contributed by atoms with E-state index < -0.39 is 36.7 Å². The molecule has 1 fully saturated rings. The van der Waals surface area contributed by atoms with Crippen LogP contribution >= 0.6 is 11.8 Å². The van der Waals surface area contributed by atoms with Crippen molar-refractivity contribution in [2.75, 3.05) is 13.1 Å². The van der Waals surface area contributed by atoms with Gasteiger partial charge in [-0.25, -0.2) is 13.9 Å². The van der Waals surface area contributed by atoms with Crippen LogP contribution in [0, 0.1) is 0 Å². The highest BCUT2D eigenvalue weighted by Crippen LogP contribution is 2.34. The number of carbonyl (C=O) groups excluding carboxylic acids is 1. The predicted octanol–water partition coefficient (Wildman–Crippen LogP) is 4.45. The Morgan fingerprint density at radius 3 is 2.27 bits per heavy atom. The molecule has 1 aliphatic rings. The first kappa shape index (κ1) is 29.5. The first-order chi connectivity index (χ1) is 17.2. The molecule has 1 amide bonds. The lowest BCUT2D eigenvalue weighted by molar-refractivity contribution is -0.274. The second-order valence-electron chi connectivity index (χ2n) is 9.36. The number of thioether (sulfide) groups is 1. The van der Waals surface area contributed by atoms with E-state index >= 15 is 0 Å². The number of nitrogens with one attached hydrogen (secondary N) is 1. The summed E-state index contributed by atoms with van der Waals surface area (Å²) in [7, 11) is -6.12. The van der Waals surface area contributed by atoms with Crippen LogP contribution in [0.15, 0.2) is 58.3 Å². The van der Waals surface area contributed by atoms with Crippen LogP contribution in [-0.4, -0.2) is 56.8 Å². The third-order valence-corrected chi connectivity index (χ3v) is 9.33. The van der Waals surface area contributed by atoms with E-state index in [-0.39, 0.29) is 34.5 Å². The summed E-state index contributed by atoms with van der Waals surface area (Å²) in [6.07, 6.45) is -5.47. The van der Waals surface area contributed by atoms with Gasteiger partial charge in [0.25, 0.3) is 5.91 Å². The maximum absolute atomic E-state index is 13.4. The number of ether oxygens (including phenoxy) is 1. The molecule has 204 valence electrons. The zero-order valence-electron chi connectivity index (χ0n) is 20.5. The van der Waals surface area contributed by atoms with Gasteiger partial charge in [0.1, 0.15) is 5.75 Å². The van der Waals surface area contributed by atoms with Gasteiger partial charge < -0.3 is 14.4 Å². The summed E-state index contributed by atoms with van der Waals surface area (Å²) in [6, 6.07) is 11.3. The van der Waals surface area contributed by atoms with E-state index in [2.05, 4.69) is 10.2 Å². The minimum Gasteiger partial charge on any atom is -0.406 e. The molecule has 8 nitrogen and oxygen atoms in total. The molecule has 14 heteroatoms. The number of aliphatic hydroxyl groups is 1. The molecule has 1 unspecified atom stereocenters. The van der Waals surface area contributed by atoms with Crippen molar-refractivity contribution >= 4 is 36.0 Å². The minimum atomic E-state index is -4.76. The Bertz CT molecular complexity index is 1180. The number of rotatable bonds is 9. The lowest BCUT2D eigenvalue weighted by atomic mass is 10.1. The minimum absolute atomic E-state index is 0.0446. The molecule has 0 spiro atoms. The number of hydrogen-bond acceptors (Lipinski definition) is 7. The highest BCUT2D eigenvalue weighted by Gasteiger charge is 2.34. The zero-order valence-corrected chi connectivity index (χ0v) is 23.1. The van der Waals surface area contributed by atoms with Crippen LogP contribution in [0.3, 0.4) is 0 Å². The second-order valence-corrected chi connectivity index (χ2v) is 17.1. The monoisotopic (exact) mass is 578 g/mol. The molecule has 2 N–H and O–H groups in total. The Morgan fingerprint density at radius 1 is 1.11 bits per heavy atom. The lowest BCUT2D eigenvalue weighted by Crippen LogP contribution is -2.41. The molecule has 0 aromatic heterocycles. The summed E-state index contributed by atoms with van der Waals surface area (Å²) >= 11 is 1.46. The van der Waals surface area contributed by atoms with Crippen molar-refractivity contribution in [2.45, 2.75) is 60.0 Å². The third kappa shape index (κ3) is 8.45. The van der Waals surface area contributed by atoms with E-state index in [0.717, 1.165) is 4.90 Å². The summed E-state index contributed by atoms with van der Waals surface area (Å²) in [5, 5.41) is 10.6. The highest BCUT2D eigenvalue weighted by atomic mass is 32.2. The molecule has 1 atom stereocenters. The molecule has 0 aliphatic carbocycles. The van der Waals surface area contributed by atoms with E-state index in [1.54, 1.807) is 0 Å². The molecule has 1 aliphatic heterocycles. The maximum Gasteiger partial charge on any atom is 0.573 e. The Balaban J connectivity index is 1.64. The van der Waals surface area contributed by atoms with Gasteiger partial charge in [0.05, 0.1) is 4.90 Å². The number of alkyl halides is 3. The number of hydrogen-bond donors (Lipinski definition) is 2. The summed E-state index contributed by atoms with van der Waals surface area (Å²) in [5.74, 6) is -1.16. The number of carbonyl (C=O) groups is 1. The number of nitrogens with zero attached hydrogens (tertiary/aromatic N) is 1. The second kappa shape index (κ2) is 11.7. The highest BCUT2D eigenvalue weighted by molar-refractivity contribution is 8.00. The Kier molecular flexibility index (Phi) is 9.35. The van der Waals surface area contributed by atoms with Crippen LogP contribution in [-0.2, 0) is 19.3 Å². The number of hydroxylamine groups is 1. The Morgan fingerprint density at radius 2 is 1.70 bits per heavy atom. The summed E-state index contributed by atoms with van der Waals surface area (Å²) in [4.78, 5) is 13.0. The van der Waals surface area contributed by atoms with Gasteiger partial charge in [-0.1, -0.05) is 18.2 Å². The topological polar surface area (TPSA) is 105 Å². The fourth-order valence-electron chi connectivity index (χ4n) is 3.58. The standard InChI is InChI=1S/C23H29F3N2O6S2Si/c1-37(2,3)34-27-22(30)21(29)19-6-4-5-7-20(19)36(31,32)28-14-12-18(13-15-28)35-17-10-8-16(9-11-17)33-23(24,25)26/h4-11,18,21,29H,12-15H2,1-3H3,(H,27,30). The van der Waals surface area contributed by atoms with Crippen LogP contribution in [0.4, 0.5) is 13.2 Å². The molecule has 1 saturated heterocycles. The largest absolute Gasteiger partial charge is 0.573 e. The van der Waals surface area contributed by atoms with E-state index in [1.807, 2.05) is 19.6 Å². The summed E-state index contributed by atoms with van der Waals surface area (Å²) in [6.45, 7) is 5.96. The Hall–Kier alpha value is -2.10. The predicted molar refractivity (Wildman–Crippen MR) is 135 cm³/mol. The molecule has 2 aromatic carbocycles. The normalized spacial score (nSPS) is 16.8. The van der Waals surface area contributed by atoms with Crippen LogP contribution in [0.5, 0.6) is 5.75 Å². The van der Waals surface area contributed by atoms with Crippen molar-refractivity contribution in [1.29, 1.82) is 0 Å². The quantitative estimate of drug-likeness (QED) is 0.335. The van der Waals surface area contributed by atoms with Crippen molar-refractivity contribution in [3.05, 3.63) is 54.1 Å². The number of sulfonamides is 1. The van der Waals surface area contributed by atoms with Crippen molar-refractivity contribution in [3.8, 4) is 5.75 Å². The number of benzene rings is 2. The smallest absolute Gasteiger partial charge is 0.406 e. The van der Waals surface area contributed by atoms with Gasteiger partial charge in [-0.05, 0) is 62.8 Å². The molecule has 3 rings (SSSR count). The molecule has 0 saturated carbocycles. The fraction of sp³-hybridized carbons (Fsp3) is 0.435. The maximum atomic E-state index is 13.4. The SMILES string of the molecule is C[Si](C)(C)ONC(=O)C(O)c1ccccc1S(=O)(=O)N1CCC(Sc2ccc(OC(F)(F)F)cc2)CC1. The van der Waals surface area contributed by atoms with Crippen molar-refractivity contribution in [1.82, 2.24) is 9.79 Å². The van der Waals surface area contributed by atoms with E-state index in [4.69, 9.17) is 4.53 Å². The van der Waals surface area contributed by atoms with Crippen LogP contribution in [0.25, 0.3) is 0 Å². The van der Waals surface area contributed by atoms with E-state index in [9.17, 15) is 31.5 Å². The van der Waals surface area contributed by atoms with E-state index in [1.165, 1.54) is 64.6 Å². The van der Waals surface area contributed by atoms with Gasteiger partial charge in [-0.2, -0.15) is 4.31 Å². The molecule has 2 aromatic rings. The van der Waals surface area contributed by atoms with Crippen LogP contribution in [0.1, 0.15) is 24.5 Å². The number of piperidine rings is 1. The Labute approximate surface area is 219 Å². The molecule has 1 heterocycles. The molecule has 0 radical (unpaired) electrons. The molecular weight excluding hydrogens is 549 g/mol. The number of amides is 1. The van der Waals surface area contributed by atoms with Gasteiger partial charge in [0.15, 0.2) is 6.10 Å². The van der Waals surface area contributed by atoms with Crippen LogP contribution in [0.2, 0.25) is 19.6 Å².